The highest BCUT2D eigenvalue weighted by molar-refractivity contribution is 7.98. The Kier molecular flexibility index (Phi) is 6.04. The van der Waals surface area contributed by atoms with Crippen LogP contribution in [-0.4, -0.2) is 36.3 Å². The Morgan fingerprint density at radius 1 is 0.929 bits per heavy atom. The van der Waals surface area contributed by atoms with Crippen LogP contribution in [0.3, 0.4) is 0 Å². The molecule has 0 amide bonds. The molecule has 0 unspecified atom stereocenters. The van der Waals surface area contributed by atoms with E-state index in [0.717, 1.165) is 30.0 Å². The molecule has 1 saturated heterocycles. The van der Waals surface area contributed by atoms with Crippen LogP contribution in [0.5, 0.6) is 0 Å². The van der Waals surface area contributed by atoms with E-state index >= 15 is 0 Å². The van der Waals surface area contributed by atoms with E-state index in [2.05, 4.69) is 9.97 Å². The molecule has 28 heavy (non-hydrogen) atoms. The van der Waals surface area contributed by atoms with Crippen LogP contribution in [-0.2, 0) is 22.8 Å². The van der Waals surface area contributed by atoms with Gasteiger partial charge in [0, 0.05) is 24.9 Å². The fraction of sp³-hybridized carbons (Fsp3) is 0.412. The molecule has 3 rings (SSSR count). The summed E-state index contributed by atoms with van der Waals surface area (Å²) in [4.78, 5) is 9.43. The minimum atomic E-state index is -4.63. The van der Waals surface area contributed by atoms with Gasteiger partial charge in [0.1, 0.15) is 5.82 Å². The molecule has 1 aliphatic heterocycles. The van der Waals surface area contributed by atoms with Crippen molar-refractivity contribution in [1.82, 2.24) is 9.97 Å². The molecular weight excluding hydrogens is 408 g/mol. The summed E-state index contributed by atoms with van der Waals surface area (Å²) in [7, 11) is 0. The van der Waals surface area contributed by atoms with Gasteiger partial charge in [-0.1, -0.05) is 23.9 Å². The number of alkyl halides is 6. The lowest BCUT2D eigenvalue weighted by atomic mass is 10.1. The quantitative estimate of drug-likeness (QED) is 0.407. The van der Waals surface area contributed by atoms with Gasteiger partial charge < -0.3 is 9.64 Å². The molecule has 0 bridgehead atoms. The number of morpholine rings is 1. The van der Waals surface area contributed by atoms with Crippen LogP contribution >= 0.6 is 11.8 Å². The first-order chi connectivity index (χ1) is 13.1. The minimum Gasteiger partial charge on any atom is -0.378 e. The Morgan fingerprint density at radius 2 is 1.57 bits per heavy atom. The first kappa shape index (κ1) is 20.7. The predicted molar refractivity (Wildman–Crippen MR) is 91.1 cm³/mol. The largest absolute Gasteiger partial charge is 0.433 e. The number of halogens is 6. The third-order valence-electron chi connectivity index (χ3n) is 3.97. The number of rotatable bonds is 4. The summed E-state index contributed by atoms with van der Waals surface area (Å²) in [6, 6.07) is 5.33. The van der Waals surface area contributed by atoms with Gasteiger partial charge in [-0.05, 0) is 17.7 Å². The third kappa shape index (κ3) is 5.28. The molecule has 2 heterocycles. The van der Waals surface area contributed by atoms with Crippen molar-refractivity contribution in [2.75, 3.05) is 31.2 Å². The summed E-state index contributed by atoms with van der Waals surface area (Å²) in [5.74, 6) is 0.294. The topological polar surface area (TPSA) is 38.2 Å². The van der Waals surface area contributed by atoms with E-state index in [4.69, 9.17) is 4.74 Å². The first-order valence-corrected chi connectivity index (χ1v) is 9.19. The molecule has 0 N–H and O–H groups in total. The number of hydrogen-bond acceptors (Lipinski definition) is 5. The second-order valence-corrected chi connectivity index (χ2v) is 6.92. The molecule has 1 aliphatic rings. The van der Waals surface area contributed by atoms with Crippen molar-refractivity contribution < 1.29 is 31.1 Å². The molecule has 4 nitrogen and oxygen atoms in total. The minimum absolute atomic E-state index is 0.0868. The number of aromatic nitrogens is 2. The van der Waals surface area contributed by atoms with E-state index in [1.165, 1.54) is 12.1 Å². The van der Waals surface area contributed by atoms with E-state index in [1.54, 1.807) is 4.90 Å². The zero-order valence-corrected chi connectivity index (χ0v) is 15.2. The predicted octanol–water partition coefficient (Wildman–Crippen LogP) is 4.64. The van der Waals surface area contributed by atoms with Gasteiger partial charge in [-0.15, -0.1) is 0 Å². The fourth-order valence-corrected chi connectivity index (χ4v) is 3.32. The van der Waals surface area contributed by atoms with Gasteiger partial charge in [0.15, 0.2) is 10.9 Å². The lowest BCUT2D eigenvalue weighted by molar-refractivity contribution is -0.141. The highest BCUT2D eigenvalue weighted by Crippen LogP contribution is 2.33. The van der Waals surface area contributed by atoms with Crippen molar-refractivity contribution in [2.45, 2.75) is 23.3 Å². The maximum absolute atomic E-state index is 13.2. The lowest BCUT2D eigenvalue weighted by Gasteiger charge is -2.28. The third-order valence-corrected chi connectivity index (χ3v) is 4.89. The van der Waals surface area contributed by atoms with Crippen molar-refractivity contribution in [3.63, 3.8) is 0 Å². The van der Waals surface area contributed by atoms with Crippen LogP contribution in [0.25, 0.3) is 0 Å². The maximum Gasteiger partial charge on any atom is 0.433 e. The molecule has 11 heteroatoms. The zero-order chi connectivity index (χ0) is 20.4. The standard InChI is InChI=1S/C17H15F6N3OS/c18-16(19,20)12-3-1-11(2-4-12)10-28-15-24-13(17(21,22)23)9-14(25-15)26-5-7-27-8-6-26/h1-4,9H,5-8,10H2. The SMILES string of the molecule is FC(F)(F)c1ccc(CSc2nc(N3CCOCC3)cc(C(F)(F)F)n2)cc1. The molecule has 1 aromatic heterocycles. The van der Waals surface area contributed by atoms with Crippen molar-refractivity contribution in [3.8, 4) is 0 Å². The van der Waals surface area contributed by atoms with E-state index in [1.807, 2.05) is 0 Å². The number of benzene rings is 1. The summed E-state index contributed by atoms with van der Waals surface area (Å²) in [5.41, 5.74) is -1.32. The Labute approximate surface area is 160 Å². The van der Waals surface area contributed by atoms with Crippen LogP contribution in [0.2, 0.25) is 0 Å². The second kappa shape index (κ2) is 8.16. The van der Waals surface area contributed by atoms with Crippen LogP contribution in [0.1, 0.15) is 16.8 Å². The normalized spacial score (nSPS) is 15.7. The molecule has 0 saturated carbocycles. The van der Waals surface area contributed by atoms with Gasteiger partial charge in [-0.2, -0.15) is 26.3 Å². The maximum atomic E-state index is 13.2. The Bertz CT molecular complexity index is 804. The number of nitrogens with zero attached hydrogens (tertiary/aromatic N) is 3. The van der Waals surface area contributed by atoms with Crippen LogP contribution in [0.15, 0.2) is 35.5 Å². The Hall–Kier alpha value is -2.01. The smallest absolute Gasteiger partial charge is 0.378 e. The molecule has 1 fully saturated rings. The van der Waals surface area contributed by atoms with Gasteiger partial charge >= 0.3 is 12.4 Å². The van der Waals surface area contributed by atoms with E-state index in [0.29, 0.717) is 31.9 Å². The summed E-state index contributed by atoms with van der Waals surface area (Å²) < 4.78 is 82.6. The molecule has 2 aromatic rings. The number of anilines is 1. The number of ether oxygens (including phenoxy) is 1. The molecule has 0 radical (unpaired) electrons. The van der Waals surface area contributed by atoms with E-state index in [-0.39, 0.29) is 16.7 Å². The van der Waals surface area contributed by atoms with Gasteiger partial charge in [-0.3, -0.25) is 0 Å². The van der Waals surface area contributed by atoms with E-state index in [9.17, 15) is 26.3 Å². The van der Waals surface area contributed by atoms with Crippen LogP contribution < -0.4 is 4.90 Å². The summed E-state index contributed by atoms with van der Waals surface area (Å²) in [6.45, 7) is 1.60. The van der Waals surface area contributed by atoms with Crippen molar-refractivity contribution in [1.29, 1.82) is 0 Å². The van der Waals surface area contributed by atoms with E-state index < -0.39 is 23.6 Å². The average Bonchev–Trinajstić information content (AvgIpc) is 2.66. The van der Waals surface area contributed by atoms with Gasteiger partial charge in [0.2, 0.25) is 0 Å². The summed E-state index contributed by atoms with van der Waals surface area (Å²) >= 11 is 0.934. The molecular formula is C17H15F6N3OS. The fourth-order valence-electron chi connectivity index (χ4n) is 2.51. The highest BCUT2D eigenvalue weighted by atomic mass is 32.2. The highest BCUT2D eigenvalue weighted by Gasteiger charge is 2.34. The summed E-state index contributed by atoms with van der Waals surface area (Å²) in [5, 5.41) is -0.0868. The molecule has 0 atom stereocenters. The second-order valence-electron chi connectivity index (χ2n) is 5.97. The average molecular weight is 423 g/mol. The number of thioether (sulfide) groups is 1. The van der Waals surface area contributed by atoms with Crippen molar-refractivity contribution in [3.05, 3.63) is 47.2 Å². The Balaban J connectivity index is 1.78. The zero-order valence-electron chi connectivity index (χ0n) is 14.3. The lowest BCUT2D eigenvalue weighted by Crippen LogP contribution is -2.37. The van der Waals surface area contributed by atoms with Crippen molar-refractivity contribution in [2.24, 2.45) is 0 Å². The van der Waals surface area contributed by atoms with Crippen molar-refractivity contribution >= 4 is 17.6 Å². The summed E-state index contributed by atoms with van der Waals surface area (Å²) in [6.07, 6.45) is -9.07. The van der Waals surface area contributed by atoms with Gasteiger partial charge in [0.05, 0.1) is 18.8 Å². The number of hydrogen-bond donors (Lipinski definition) is 0. The van der Waals surface area contributed by atoms with Crippen LogP contribution in [0, 0.1) is 0 Å². The molecule has 0 spiro atoms. The van der Waals surface area contributed by atoms with Gasteiger partial charge in [-0.25, -0.2) is 9.97 Å². The Morgan fingerprint density at radius 3 is 2.14 bits per heavy atom. The monoisotopic (exact) mass is 423 g/mol. The molecule has 1 aromatic carbocycles. The first-order valence-electron chi connectivity index (χ1n) is 8.21. The molecule has 0 aliphatic carbocycles. The molecule has 152 valence electrons. The van der Waals surface area contributed by atoms with Crippen LogP contribution in [0.4, 0.5) is 32.2 Å². The van der Waals surface area contributed by atoms with Gasteiger partial charge in [0.25, 0.3) is 0 Å².